The van der Waals surface area contributed by atoms with Crippen molar-refractivity contribution in [2.75, 3.05) is 6.54 Å². The van der Waals surface area contributed by atoms with Gasteiger partial charge in [-0.2, -0.15) is 0 Å². The van der Waals surface area contributed by atoms with Gasteiger partial charge < -0.3 is 15.6 Å². The Morgan fingerprint density at radius 1 is 1.52 bits per heavy atom. The fourth-order valence-electron chi connectivity index (χ4n) is 2.74. The highest BCUT2D eigenvalue weighted by Gasteiger charge is 2.37. The highest BCUT2D eigenvalue weighted by molar-refractivity contribution is 5.85. The molecular weight excluding hydrogens is 313 g/mol. The quantitative estimate of drug-likeness (QED) is 0.870. The Bertz CT molecular complexity index is 450. The van der Waals surface area contributed by atoms with E-state index in [0.29, 0.717) is 13.1 Å². The minimum Gasteiger partial charge on any atom is -0.354 e. The molecular formula is C13H25Cl2N5O. The zero-order chi connectivity index (χ0) is 13.9. The van der Waals surface area contributed by atoms with Crippen molar-refractivity contribution in [1.82, 2.24) is 20.1 Å². The minimum atomic E-state index is -0.366. The van der Waals surface area contributed by atoms with Gasteiger partial charge in [-0.15, -0.1) is 35.0 Å². The normalized spacial score (nSPS) is 24.6. The number of hydrogen-bond donors (Lipinski definition) is 2. The Morgan fingerprint density at radius 2 is 2.24 bits per heavy atom. The first-order valence-electron chi connectivity index (χ1n) is 6.92. The van der Waals surface area contributed by atoms with Crippen LogP contribution in [-0.4, -0.2) is 32.8 Å². The maximum absolute atomic E-state index is 12.2. The SMILES string of the molecule is Cc1nncn1CCNC(=O)C1CCCCC1(C)N.Cl.Cl. The number of halogens is 2. The molecule has 0 saturated heterocycles. The zero-order valence-corrected chi connectivity index (χ0v) is 14.2. The predicted octanol–water partition coefficient (Wildman–Crippen LogP) is 1.45. The summed E-state index contributed by atoms with van der Waals surface area (Å²) in [5.74, 6) is 0.870. The number of nitrogens with one attached hydrogen (secondary N) is 1. The molecule has 0 aliphatic heterocycles. The lowest BCUT2D eigenvalue weighted by molar-refractivity contribution is -0.128. The summed E-state index contributed by atoms with van der Waals surface area (Å²) in [6.07, 6.45) is 5.71. The number of nitrogens with two attached hydrogens (primary N) is 1. The van der Waals surface area contributed by atoms with Crippen LogP contribution >= 0.6 is 24.8 Å². The highest BCUT2D eigenvalue weighted by Crippen LogP contribution is 2.31. The van der Waals surface area contributed by atoms with E-state index in [-0.39, 0.29) is 42.2 Å². The first-order chi connectivity index (χ1) is 9.00. The molecule has 1 aromatic rings. The molecule has 0 radical (unpaired) electrons. The van der Waals surface area contributed by atoms with Crippen molar-refractivity contribution in [3.8, 4) is 0 Å². The van der Waals surface area contributed by atoms with Gasteiger partial charge in [-0.3, -0.25) is 4.79 Å². The van der Waals surface area contributed by atoms with Gasteiger partial charge in [-0.05, 0) is 26.7 Å². The third-order valence-electron chi connectivity index (χ3n) is 4.03. The summed E-state index contributed by atoms with van der Waals surface area (Å²) in [6, 6.07) is 0. The van der Waals surface area contributed by atoms with Gasteiger partial charge in [0, 0.05) is 18.6 Å². The van der Waals surface area contributed by atoms with Crippen LogP contribution in [0.5, 0.6) is 0 Å². The summed E-state index contributed by atoms with van der Waals surface area (Å²) in [4.78, 5) is 12.2. The molecule has 1 amide bonds. The summed E-state index contributed by atoms with van der Waals surface area (Å²) >= 11 is 0. The van der Waals surface area contributed by atoms with E-state index in [1.165, 1.54) is 0 Å². The van der Waals surface area contributed by atoms with Crippen molar-refractivity contribution in [3.63, 3.8) is 0 Å². The second kappa shape index (κ2) is 8.56. The maximum Gasteiger partial charge on any atom is 0.225 e. The lowest BCUT2D eigenvalue weighted by Gasteiger charge is -2.37. The van der Waals surface area contributed by atoms with Gasteiger partial charge in [0.1, 0.15) is 12.2 Å². The molecule has 0 bridgehead atoms. The number of hydrogen-bond acceptors (Lipinski definition) is 4. The fraction of sp³-hybridized carbons (Fsp3) is 0.769. The van der Waals surface area contributed by atoms with Gasteiger partial charge >= 0.3 is 0 Å². The zero-order valence-electron chi connectivity index (χ0n) is 12.5. The molecule has 0 aromatic carbocycles. The topological polar surface area (TPSA) is 85.8 Å². The van der Waals surface area contributed by atoms with Crippen LogP contribution in [0.25, 0.3) is 0 Å². The summed E-state index contributed by atoms with van der Waals surface area (Å²) in [5, 5.41) is 10.7. The average Bonchev–Trinajstić information content (AvgIpc) is 2.74. The molecule has 122 valence electrons. The monoisotopic (exact) mass is 337 g/mol. The van der Waals surface area contributed by atoms with Crippen LogP contribution in [0.1, 0.15) is 38.4 Å². The molecule has 8 heteroatoms. The molecule has 1 saturated carbocycles. The van der Waals surface area contributed by atoms with Crippen LogP contribution in [0.4, 0.5) is 0 Å². The van der Waals surface area contributed by atoms with Crippen molar-refractivity contribution in [2.24, 2.45) is 11.7 Å². The molecule has 1 heterocycles. The number of carbonyl (C=O) groups excluding carboxylic acids is 1. The maximum atomic E-state index is 12.2. The Hall–Kier alpha value is -0.850. The molecule has 1 fully saturated rings. The summed E-state index contributed by atoms with van der Waals surface area (Å²) in [6.45, 7) is 5.16. The van der Waals surface area contributed by atoms with Crippen molar-refractivity contribution >= 4 is 30.7 Å². The number of rotatable bonds is 4. The van der Waals surface area contributed by atoms with E-state index >= 15 is 0 Å². The van der Waals surface area contributed by atoms with Gasteiger partial charge in [0.15, 0.2) is 0 Å². The van der Waals surface area contributed by atoms with E-state index in [2.05, 4.69) is 15.5 Å². The molecule has 0 spiro atoms. The summed E-state index contributed by atoms with van der Waals surface area (Å²) in [5.41, 5.74) is 5.86. The lowest BCUT2D eigenvalue weighted by Crippen LogP contribution is -2.53. The second-order valence-corrected chi connectivity index (χ2v) is 5.67. The first kappa shape index (κ1) is 20.1. The number of amides is 1. The smallest absolute Gasteiger partial charge is 0.225 e. The number of nitrogens with zero attached hydrogens (tertiary/aromatic N) is 3. The van der Waals surface area contributed by atoms with Crippen LogP contribution < -0.4 is 11.1 Å². The standard InChI is InChI=1S/C13H23N5O.2ClH/c1-10-17-16-9-18(10)8-7-15-12(19)11-5-3-4-6-13(11,2)14;;/h9,11H,3-8,14H2,1-2H3,(H,15,19);2*1H. The Morgan fingerprint density at radius 3 is 2.81 bits per heavy atom. The van der Waals surface area contributed by atoms with Crippen molar-refractivity contribution < 1.29 is 4.79 Å². The van der Waals surface area contributed by atoms with Gasteiger partial charge in [0.25, 0.3) is 0 Å². The fourth-order valence-corrected chi connectivity index (χ4v) is 2.74. The van der Waals surface area contributed by atoms with E-state index in [4.69, 9.17) is 5.73 Å². The van der Waals surface area contributed by atoms with Gasteiger partial charge in [0.2, 0.25) is 5.91 Å². The molecule has 1 aliphatic carbocycles. The molecule has 6 nitrogen and oxygen atoms in total. The molecule has 3 N–H and O–H groups in total. The van der Waals surface area contributed by atoms with Gasteiger partial charge in [-0.1, -0.05) is 12.8 Å². The van der Waals surface area contributed by atoms with Crippen LogP contribution in [0, 0.1) is 12.8 Å². The van der Waals surface area contributed by atoms with Gasteiger partial charge in [0.05, 0.1) is 5.92 Å². The van der Waals surface area contributed by atoms with E-state index < -0.39 is 0 Å². The summed E-state index contributed by atoms with van der Waals surface area (Å²) < 4.78 is 1.92. The van der Waals surface area contributed by atoms with Crippen LogP contribution in [0.2, 0.25) is 0 Å². The lowest BCUT2D eigenvalue weighted by atomic mass is 9.74. The molecule has 1 aliphatic rings. The third kappa shape index (κ3) is 5.13. The largest absolute Gasteiger partial charge is 0.354 e. The third-order valence-corrected chi connectivity index (χ3v) is 4.03. The Balaban J connectivity index is 0.00000200. The molecule has 2 rings (SSSR count). The van der Waals surface area contributed by atoms with Gasteiger partial charge in [-0.25, -0.2) is 0 Å². The van der Waals surface area contributed by atoms with Crippen molar-refractivity contribution in [3.05, 3.63) is 12.2 Å². The Kier molecular flexibility index (Phi) is 8.21. The van der Waals surface area contributed by atoms with E-state index in [1.807, 2.05) is 18.4 Å². The van der Waals surface area contributed by atoms with E-state index in [0.717, 1.165) is 31.5 Å². The Labute approximate surface area is 138 Å². The molecule has 2 unspecified atom stereocenters. The highest BCUT2D eigenvalue weighted by atomic mass is 35.5. The van der Waals surface area contributed by atoms with Crippen LogP contribution in [-0.2, 0) is 11.3 Å². The van der Waals surface area contributed by atoms with Crippen LogP contribution in [0.3, 0.4) is 0 Å². The second-order valence-electron chi connectivity index (χ2n) is 5.67. The van der Waals surface area contributed by atoms with Crippen molar-refractivity contribution in [2.45, 2.75) is 51.6 Å². The molecule has 2 atom stereocenters. The molecule has 1 aromatic heterocycles. The van der Waals surface area contributed by atoms with E-state index in [1.54, 1.807) is 6.33 Å². The number of carbonyl (C=O) groups is 1. The van der Waals surface area contributed by atoms with Crippen molar-refractivity contribution in [1.29, 1.82) is 0 Å². The molecule has 21 heavy (non-hydrogen) atoms. The number of aryl methyl sites for hydroxylation is 1. The first-order valence-corrected chi connectivity index (χ1v) is 6.92. The minimum absolute atomic E-state index is 0. The summed E-state index contributed by atoms with van der Waals surface area (Å²) in [7, 11) is 0. The predicted molar refractivity (Wildman–Crippen MR) is 86.8 cm³/mol. The average molecular weight is 338 g/mol. The van der Waals surface area contributed by atoms with E-state index in [9.17, 15) is 4.79 Å². The number of aromatic nitrogens is 3. The van der Waals surface area contributed by atoms with Crippen LogP contribution in [0.15, 0.2) is 6.33 Å².